The van der Waals surface area contributed by atoms with Crippen LogP contribution in [0.2, 0.25) is 0 Å². The summed E-state index contributed by atoms with van der Waals surface area (Å²) in [5.41, 5.74) is -0.122. The molecule has 0 aromatic heterocycles. The van der Waals surface area contributed by atoms with Crippen LogP contribution >= 0.6 is 0 Å². The van der Waals surface area contributed by atoms with Crippen molar-refractivity contribution in [3.05, 3.63) is 0 Å². The fourth-order valence-corrected chi connectivity index (χ4v) is 2.22. The number of amides is 1. The Morgan fingerprint density at radius 2 is 1.68 bits per heavy atom. The normalized spacial score (nSPS) is 24.3. The highest BCUT2D eigenvalue weighted by molar-refractivity contribution is 5.68. The van der Waals surface area contributed by atoms with Crippen LogP contribution in [0.3, 0.4) is 0 Å². The third-order valence-corrected chi connectivity index (χ3v) is 3.07. The lowest BCUT2D eigenvalue weighted by molar-refractivity contribution is 0.0505. The Morgan fingerprint density at radius 3 is 2.21 bits per heavy atom. The fraction of sp³-hybridized carbons (Fsp3) is 0.933. The van der Waals surface area contributed by atoms with E-state index < -0.39 is 5.60 Å². The first-order valence-electron chi connectivity index (χ1n) is 7.28. The van der Waals surface area contributed by atoms with Crippen molar-refractivity contribution in [1.82, 2.24) is 10.6 Å². The molecule has 19 heavy (non-hydrogen) atoms. The second-order valence-corrected chi connectivity index (χ2v) is 7.79. The van der Waals surface area contributed by atoms with Crippen LogP contribution in [0.15, 0.2) is 0 Å². The molecule has 2 N–H and O–H groups in total. The zero-order valence-corrected chi connectivity index (χ0v) is 13.3. The van der Waals surface area contributed by atoms with Crippen LogP contribution in [0.5, 0.6) is 0 Å². The predicted octanol–water partition coefficient (Wildman–Crippen LogP) is 3.07. The lowest BCUT2D eigenvalue weighted by Gasteiger charge is -2.23. The SMILES string of the molecule is CC(C)(C)CNC1CCC(NC(=O)OC(C)(C)C)C1. The smallest absolute Gasteiger partial charge is 0.407 e. The maximum atomic E-state index is 11.7. The molecule has 0 heterocycles. The van der Waals surface area contributed by atoms with E-state index in [0.29, 0.717) is 11.5 Å². The Hall–Kier alpha value is -0.770. The zero-order chi connectivity index (χ0) is 14.7. The van der Waals surface area contributed by atoms with E-state index >= 15 is 0 Å². The molecule has 0 bridgehead atoms. The van der Waals surface area contributed by atoms with Crippen molar-refractivity contribution in [3.8, 4) is 0 Å². The number of hydrogen-bond donors (Lipinski definition) is 2. The monoisotopic (exact) mass is 270 g/mol. The molecule has 0 radical (unpaired) electrons. The number of hydrogen-bond acceptors (Lipinski definition) is 3. The van der Waals surface area contributed by atoms with Crippen molar-refractivity contribution in [2.45, 2.75) is 78.5 Å². The standard InChI is InChI=1S/C15H30N2O2/c1-14(2,3)10-16-11-7-8-12(9-11)17-13(18)19-15(4,5)6/h11-12,16H,7-10H2,1-6H3,(H,17,18). The summed E-state index contributed by atoms with van der Waals surface area (Å²) in [5.74, 6) is 0. The molecular weight excluding hydrogens is 240 g/mol. The van der Waals surface area contributed by atoms with Gasteiger partial charge in [0.25, 0.3) is 0 Å². The number of rotatable bonds is 3. The van der Waals surface area contributed by atoms with E-state index in [1.165, 1.54) is 0 Å². The molecule has 4 heteroatoms. The van der Waals surface area contributed by atoms with E-state index in [4.69, 9.17) is 4.74 Å². The number of nitrogens with one attached hydrogen (secondary N) is 2. The van der Waals surface area contributed by atoms with Crippen molar-refractivity contribution >= 4 is 6.09 Å². The second-order valence-electron chi connectivity index (χ2n) is 7.79. The second kappa shape index (κ2) is 6.12. The summed E-state index contributed by atoms with van der Waals surface area (Å²) in [5, 5.41) is 6.54. The molecule has 1 aliphatic carbocycles. The van der Waals surface area contributed by atoms with Crippen LogP contribution in [-0.2, 0) is 4.74 Å². The quantitative estimate of drug-likeness (QED) is 0.828. The van der Waals surface area contributed by atoms with Gasteiger partial charge in [-0.25, -0.2) is 4.79 Å². The van der Waals surface area contributed by atoms with E-state index in [9.17, 15) is 4.79 Å². The molecule has 1 amide bonds. The molecule has 4 nitrogen and oxygen atoms in total. The molecule has 1 aliphatic rings. The van der Waals surface area contributed by atoms with E-state index in [2.05, 4.69) is 31.4 Å². The fourth-order valence-electron chi connectivity index (χ4n) is 2.22. The molecule has 0 saturated heterocycles. The van der Waals surface area contributed by atoms with Crippen LogP contribution in [0.25, 0.3) is 0 Å². The van der Waals surface area contributed by atoms with E-state index in [1.807, 2.05) is 20.8 Å². The highest BCUT2D eigenvalue weighted by atomic mass is 16.6. The maximum Gasteiger partial charge on any atom is 0.407 e. The van der Waals surface area contributed by atoms with Gasteiger partial charge in [-0.15, -0.1) is 0 Å². The average molecular weight is 270 g/mol. The molecule has 1 saturated carbocycles. The lowest BCUT2D eigenvalue weighted by atomic mass is 9.96. The van der Waals surface area contributed by atoms with Crippen molar-refractivity contribution in [3.63, 3.8) is 0 Å². The van der Waals surface area contributed by atoms with Gasteiger partial charge in [-0.3, -0.25) is 0 Å². The number of carbonyl (C=O) groups is 1. The summed E-state index contributed by atoms with van der Waals surface area (Å²) in [7, 11) is 0. The molecule has 0 aliphatic heterocycles. The Kier molecular flexibility index (Phi) is 5.25. The number of alkyl carbamates (subject to hydrolysis) is 1. The van der Waals surface area contributed by atoms with Gasteiger partial charge in [-0.2, -0.15) is 0 Å². The van der Waals surface area contributed by atoms with Gasteiger partial charge in [0.2, 0.25) is 0 Å². The first-order chi connectivity index (χ1) is 8.55. The Labute approximate surface area is 117 Å². The minimum Gasteiger partial charge on any atom is -0.444 e. The van der Waals surface area contributed by atoms with Crippen molar-refractivity contribution in [1.29, 1.82) is 0 Å². The van der Waals surface area contributed by atoms with Crippen LogP contribution in [0.4, 0.5) is 4.79 Å². The Balaban J connectivity index is 2.27. The van der Waals surface area contributed by atoms with E-state index in [-0.39, 0.29) is 12.1 Å². The van der Waals surface area contributed by atoms with Gasteiger partial charge in [0.15, 0.2) is 0 Å². The van der Waals surface area contributed by atoms with Crippen molar-refractivity contribution in [2.24, 2.45) is 5.41 Å². The third kappa shape index (κ3) is 7.41. The molecule has 0 aromatic carbocycles. The molecule has 1 rings (SSSR count). The van der Waals surface area contributed by atoms with Gasteiger partial charge in [-0.1, -0.05) is 20.8 Å². The summed E-state index contributed by atoms with van der Waals surface area (Å²) in [6, 6.07) is 0.756. The average Bonchev–Trinajstić information content (AvgIpc) is 2.58. The van der Waals surface area contributed by atoms with Crippen LogP contribution in [0, 0.1) is 5.41 Å². The van der Waals surface area contributed by atoms with Crippen LogP contribution in [-0.4, -0.2) is 30.3 Å². The van der Waals surface area contributed by atoms with Gasteiger partial charge in [0.1, 0.15) is 5.60 Å². The van der Waals surface area contributed by atoms with Gasteiger partial charge in [-0.05, 0) is 45.4 Å². The summed E-state index contributed by atoms with van der Waals surface area (Å²) in [6.07, 6.45) is 2.85. The third-order valence-electron chi connectivity index (χ3n) is 3.07. The molecule has 0 spiro atoms. The Morgan fingerprint density at radius 1 is 1.11 bits per heavy atom. The first kappa shape index (κ1) is 16.3. The van der Waals surface area contributed by atoms with Gasteiger partial charge in [0, 0.05) is 18.6 Å². The summed E-state index contributed by atoms with van der Waals surface area (Å²) < 4.78 is 5.28. The van der Waals surface area contributed by atoms with Crippen molar-refractivity contribution in [2.75, 3.05) is 6.54 Å². The number of ether oxygens (including phenoxy) is 1. The van der Waals surface area contributed by atoms with Crippen molar-refractivity contribution < 1.29 is 9.53 Å². The minimum absolute atomic E-state index is 0.243. The van der Waals surface area contributed by atoms with Gasteiger partial charge >= 0.3 is 6.09 Å². The Bertz CT molecular complexity index is 302. The molecule has 112 valence electrons. The van der Waals surface area contributed by atoms with Crippen LogP contribution in [0.1, 0.15) is 60.8 Å². The largest absolute Gasteiger partial charge is 0.444 e. The summed E-state index contributed by atoms with van der Waals surface area (Å²) in [4.78, 5) is 11.7. The topological polar surface area (TPSA) is 50.4 Å². The highest BCUT2D eigenvalue weighted by Crippen LogP contribution is 2.21. The van der Waals surface area contributed by atoms with Gasteiger partial charge in [0.05, 0.1) is 0 Å². The highest BCUT2D eigenvalue weighted by Gasteiger charge is 2.28. The van der Waals surface area contributed by atoms with E-state index in [0.717, 1.165) is 25.8 Å². The van der Waals surface area contributed by atoms with Gasteiger partial charge < -0.3 is 15.4 Å². The summed E-state index contributed by atoms with van der Waals surface area (Å²) >= 11 is 0. The predicted molar refractivity (Wildman–Crippen MR) is 78.3 cm³/mol. The lowest BCUT2D eigenvalue weighted by Crippen LogP contribution is -2.39. The molecule has 1 fully saturated rings. The number of carbonyl (C=O) groups excluding carboxylic acids is 1. The first-order valence-corrected chi connectivity index (χ1v) is 7.28. The minimum atomic E-state index is -0.424. The molecule has 2 atom stereocenters. The zero-order valence-electron chi connectivity index (χ0n) is 13.3. The summed E-state index contributed by atoms with van der Waals surface area (Å²) in [6.45, 7) is 13.3. The molecular formula is C15H30N2O2. The van der Waals surface area contributed by atoms with E-state index in [1.54, 1.807) is 0 Å². The molecule has 0 aromatic rings. The molecule has 2 unspecified atom stereocenters. The van der Waals surface area contributed by atoms with Crippen LogP contribution < -0.4 is 10.6 Å². The maximum absolute atomic E-state index is 11.7.